The third kappa shape index (κ3) is 26.7. The van der Waals surface area contributed by atoms with Crippen LogP contribution in [0.1, 0.15) is 239 Å². The zero-order valence-corrected chi connectivity index (χ0v) is 76.2. The summed E-state index contributed by atoms with van der Waals surface area (Å²) in [5.41, 5.74) is 7.34. The van der Waals surface area contributed by atoms with Gasteiger partial charge in [-0.3, -0.25) is 19.2 Å². The molecule has 4 saturated heterocycles. The van der Waals surface area contributed by atoms with E-state index in [4.69, 9.17) is 90.7 Å². The minimum Gasteiger partial charge on any atom is -0.377 e. The number of ether oxygens (including phenoxy) is 8. The smallest absolute Gasteiger partial charge is 0.226 e. The average molecular weight is 1650 g/mol. The van der Waals surface area contributed by atoms with Crippen LogP contribution in [0.4, 0.5) is 5.69 Å². The summed E-state index contributed by atoms with van der Waals surface area (Å²) in [6.45, 7) is 47.6. The summed E-state index contributed by atoms with van der Waals surface area (Å²) in [5.74, 6) is 6.74. The Morgan fingerprint density at radius 1 is 0.461 bits per heavy atom. The molecule has 4 aliphatic heterocycles. The van der Waals surface area contributed by atoms with E-state index in [1.165, 1.54) is 23.1 Å². The molecule has 12 rings (SSSR count). The van der Waals surface area contributed by atoms with Crippen molar-refractivity contribution in [3.8, 4) is 24.2 Å². The molecule has 13 nitrogen and oxygen atoms in total. The molecule has 2 radical (unpaired) electrons. The molecule has 4 fully saturated rings. The zero-order chi connectivity index (χ0) is 85.1. The van der Waals surface area contributed by atoms with Crippen molar-refractivity contribution in [1.29, 1.82) is 0 Å². The second-order valence-corrected chi connectivity index (χ2v) is 39.6. The van der Waals surface area contributed by atoms with Gasteiger partial charge in [0.05, 0.1) is 52.9 Å². The highest BCUT2D eigenvalue weighted by atomic mass is 35.5. The Bertz CT molecular complexity index is 4540. The average Bonchev–Trinajstić information content (AvgIpc) is 1.60. The summed E-state index contributed by atoms with van der Waals surface area (Å²) in [4.78, 5) is 51.5. The van der Waals surface area contributed by atoms with Gasteiger partial charge in [0.15, 0.2) is 34.7 Å². The molecule has 0 aromatic heterocycles. The Kier molecular flexibility index (Phi) is 33.4. The lowest BCUT2D eigenvalue weighted by atomic mass is 9.80. The molecule has 115 heavy (non-hydrogen) atoms. The second kappa shape index (κ2) is 39.4. The number of nitrogens with zero attached hydrogens (tertiary/aromatic N) is 1. The fourth-order valence-corrected chi connectivity index (χ4v) is 14.4. The van der Waals surface area contributed by atoms with Gasteiger partial charge in [-0.25, -0.2) is 0 Å². The molecule has 0 bridgehead atoms. The van der Waals surface area contributed by atoms with E-state index in [0.29, 0.717) is 70.7 Å². The van der Waals surface area contributed by atoms with Crippen molar-refractivity contribution >= 4 is 117 Å². The number of Topliss-reactive ketones (excluding diaryl/α,β-unsaturated/α-hetero) is 3. The van der Waals surface area contributed by atoms with Gasteiger partial charge >= 0.3 is 0 Å². The van der Waals surface area contributed by atoms with E-state index >= 15 is 0 Å². The SMILES string of the molecule is C#CCC1(C/C=C/c2ccccc2Cl)COC(C)(C)OC1.CC(C)(C)C(=O)Cl.CC1(C)OCC(CC#CC(=O)C(C)(C)C)(C/C=C/c2ccccc2Cl)CO1.CC1(C)OCC2(CO1)Cc1cc3c(Cl)cccc3c(C(=O)C(C)(C)C)c1C2.CCC.CN(C)c1cccc2c(C(=O)C(C)(C)C)c3c(cc12)CC1(COC(C)(C)OC1)C3.[BH]. The number of halogens is 4. The minimum absolute atomic E-state index is 0. The Labute approximate surface area is 710 Å². The molecule has 2 aliphatic carbocycles. The highest BCUT2D eigenvalue weighted by Crippen LogP contribution is 2.50. The molecule has 6 aromatic rings. The normalized spacial score (nSPS) is 18.9. The summed E-state index contributed by atoms with van der Waals surface area (Å²) >= 11 is 24.0. The predicted octanol–water partition coefficient (Wildman–Crippen LogP) is 23.2. The maximum atomic E-state index is 13.6. The van der Waals surface area contributed by atoms with Gasteiger partial charge in [0.2, 0.25) is 11.0 Å². The van der Waals surface area contributed by atoms with Crippen LogP contribution in [0, 0.1) is 67.5 Å². The fraction of sp³-hybridized carbons (Fsp3) is 0.546. The number of ketones is 3. The van der Waals surface area contributed by atoms with Crippen molar-refractivity contribution in [2.75, 3.05) is 71.9 Å². The van der Waals surface area contributed by atoms with Gasteiger partial charge in [-0.2, -0.15) is 0 Å². The summed E-state index contributed by atoms with van der Waals surface area (Å²) in [7, 11) is 4.11. The second-order valence-electron chi connectivity index (χ2n) is 38.1. The van der Waals surface area contributed by atoms with Crippen LogP contribution in [-0.2, 0) is 73.2 Å². The quantitative estimate of drug-likeness (QED) is 0.0399. The van der Waals surface area contributed by atoms with Crippen LogP contribution in [-0.4, -0.2) is 121 Å². The van der Waals surface area contributed by atoms with Crippen molar-refractivity contribution in [2.24, 2.45) is 43.3 Å². The van der Waals surface area contributed by atoms with Gasteiger partial charge < -0.3 is 42.8 Å². The maximum absolute atomic E-state index is 13.6. The Hall–Kier alpha value is -6.18. The molecule has 0 N–H and O–H groups in total. The van der Waals surface area contributed by atoms with Crippen LogP contribution >= 0.6 is 46.4 Å². The van der Waals surface area contributed by atoms with Gasteiger partial charge in [-0.05, 0) is 192 Å². The number of anilines is 1. The van der Waals surface area contributed by atoms with Gasteiger partial charge in [-0.1, -0.05) is 229 Å². The number of hydrogen-bond acceptors (Lipinski definition) is 13. The van der Waals surface area contributed by atoms with E-state index in [1.807, 2.05) is 197 Å². The largest absolute Gasteiger partial charge is 0.377 e. The van der Waals surface area contributed by atoms with E-state index in [2.05, 4.69) is 93.1 Å². The molecule has 4 heterocycles. The predicted molar refractivity (Wildman–Crippen MR) is 477 cm³/mol. The summed E-state index contributed by atoms with van der Waals surface area (Å²) in [6.07, 6.45) is 21.1. The number of benzene rings is 6. The summed E-state index contributed by atoms with van der Waals surface area (Å²) in [6, 6.07) is 32.1. The molecule has 6 aromatic carbocycles. The summed E-state index contributed by atoms with van der Waals surface area (Å²) < 4.78 is 47.4. The molecular weight excluding hydrogens is 1520 g/mol. The molecule has 0 saturated carbocycles. The van der Waals surface area contributed by atoms with Crippen LogP contribution in [0.3, 0.4) is 0 Å². The standard InChI is InChI=1S/C25H33NO3.C23H27ClO3.C23H29ClO3.C18H21ClO2.C5H9ClO.C3H8.BH/c1-23(2,3)22(27)21-17-9-8-10-20(26(6)7)18(17)11-16-12-25(13-19(16)21)14-28-24(4,5)29-15-25;1-21(2,3)20(25)19-15-7-6-8-18(24)16(15)9-14-10-23(11-17(14)19)12-26-22(4,5)27-13-23;1-21(2,3)20(25)13-9-15-23(16-26-22(4,5)27-17-23)14-8-11-18-10-6-7-12-19(18)24;1-4-11-18(13-20-17(2,3)21-14-18)12-7-9-15-8-5-6-10-16(15)19;1-5(2,3)4(6)7;1-3-2;/h8-11H,12-15H2,1-7H3;6-9H,10-13H2,1-5H3;6-8,10-12H,14-17H2,1-5H3;1,5-10H,11-14H2,2-3H3;1-3H3;3H2,1-2H3;1H/b;;11-8+;9-7+;;;. The first-order valence-electron chi connectivity index (χ1n) is 40.0. The highest BCUT2D eigenvalue weighted by molar-refractivity contribution is 6.64. The van der Waals surface area contributed by atoms with Crippen molar-refractivity contribution in [2.45, 2.75) is 233 Å². The van der Waals surface area contributed by atoms with Crippen molar-refractivity contribution in [1.82, 2.24) is 0 Å². The molecule has 0 amide bonds. The molecular formula is C97H128BCl4NO12. The number of carbonyl (C=O) groups excluding carboxylic acids is 4. The van der Waals surface area contributed by atoms with Gasteiger partial charge in [0.25, 0.3) is 0 Å². The first kappa shape index (κ1) is 97.7. The van der Waals surface area contributed by atoms with E-state index in [1.54, 1.807) is 20.8 Å². The molecule has 0 atom stereocenters. The molecule has 624 valence electrons. The first-order valence-corrected chi connectivity index (χ1v) is 41.5. The topological polar surface area (TPSA) is 145 Å². The number of rotatable bonds is 11. The minimum atomic E-state index is -0.593. The van der Waals surface area contributed by atoms with E-state index in [9.17, 15) is 19.2 Å². The first-order chi connectivity index (χ1) is 52.8. The maximum Gasteiger partial charge on any atom is 0.226 e. The monoisotopic (exact) mass is 1650 g/mol. The lowest BCUT2D eigenvalue weighted by molar-refractivity contribution is -0.284. The van der Waals surface area contributed by atoms with Gasteiger partial charge in [0, 0.05) is 121 Å². The number of hydrogen-bond donors (Lipinski definition) is 0. The molecule has 18 heteroatoms. The lowest BCUT2D eigenvalue weighted by Gasteiger charge is -2.42. The van der Waals surface area contributed by atoms with Gasteiger partial charge in [-0.15, -0.1) is 12.3 Å². The number of allylic oxidation sites excluding steroid dienone is 2. The van der Waals surface area contributed by atoms with Crippen LogP contribution in [0.2, 0.25) is 15.1 Å². The Balaban J connectivity index is 0.000000229. The summed E-state index contributed by atoms with van der Waals surface area (Å²) in [5, 5.41) is 6.00. The fourth-order valence-electron chi connectivity index (χ4n) is 13.8. The lowest BCUT2D eigenvalue weighted by Crippen LogP contribution is -2.47. The van der Waals surface area contributed by atoms with Crippen LogP contribution in [0.25, 0.3) is 33.7 Å². The van der Waals surface area contributed by atoms with E-state index < -0.39 is 39.4 Å². The molecule has 6 aliphatic rings. The van der Waals surface area contributed by atoms with E-state index in [-0.39, 0.29) is 58.1 Å². The van der Waals surface area contributed by atoms with Crippen LogP contribution in [0.5, 0.6) is 0 Å². The zero-order valence-electron chi connectivity index (χ0n) is 73.2. The molecule has 0 unspecified atom stereocenters. The van der Waals surface area contributed by atoms with Crippen molar-refractivity contribution in [3.63, 3.8) is 0 Å². The van der Waals surface area contributed by atoms with Gasteiger partial charge in [0.1, 0.15) is 0 Å². The van der Waals surface area contributed by atoms with Crippen molar-refractivity contribution in [3.05, 3.63) is 169 Å². The highest BCUT2D eigenvalue weighted by Gasteiger charge is 2.49. The Morgan fingerprint density at radius 2 is 0.800 bits per heavy atom. The van der Waals surface area contributed by atoms with E-state index in [0.717, 1.165) is 104 Å². The van der Waals surface area contributed by atoms with Crippen LogP contribution in [0.15, 0.2) is 109 Å². The number of fused-ring (bicyclic) bond motifs is 4. The third-order valence-electron chi connectivity index (χ3n) is 21.0. The molecule has 2 spiro atoms. The van der Waals surface area contributed by atoms with Crippen molar-refractivity contribution < 1.29 is 57.1 Å². The van der Waals surface area contributed by atoms with Crippen LogP contribution < -0.4 is 4.90 Å². The Morgan fingerprint density at radius 3 is 1.15 bits per heavy atom. The number of carbonyl (C=O) groups is 4. The third-order valence-corrected chi connectivity index (χ3v) is 22.5. The number of terminal acetylenes is 1.